The molecule has 0 spiro atoms. The lowest BCUT2D eigenvalue weighted by Crippen LogP contribution is -2.07. The minimum atomic E-state index is -0.236. The molecule has 3 rings (SSSR count). The minimum Gasteiger partial charge on any atom is -0.484 e. The molecule has 0 aliphatic heterocycles. The Balaban J connectivity index is 1.69. The van der Waals surface area contributed by atoms with Gasteiger partial charge in [-0.3, -0.25) is 14.6 Å². The van der Waals surface area contributed by atoms with Crippen molar-refractivity contribution in [2.75, 3.05) is 0 Å². The van der Waals surface area contributed by atoms with Crippen LogP contribution in [0.25, 0.3) is 0 Å². The van der Waals surface area contributed by atoms with Gasteiger partial charge in [-0.25, -0.2) is 0 Å². The number of ether oxygens (including phenoxy) is 1. The van der Waals surface area contributed by atoms with Crippen molar-refractivity contribution >= 4 is 27.5 Å². The summed E-state index contributed by atoms with van der Waals surface area (Å²) in [6, 6.07) is 16.7. The van der Waals surface area contributed by atoms with E-state index in [1.165, 1.54) is 6.92 Å². The van der Waals surface area contributed by atoms with E-state index in [2.05, 4.69) is 20.9 Å². The number of pyridine rings is 1. The molecule has 5 heteroatoms. The van der Waals surface area contributed by atoms with E-state index >= 15 is 0 Å². The molecule has 0 amide bonds. The summed E-state index contributed by atoms with van der Waals surface area (Å²) in [7, 11) is 0. The third-order valence-corrected chi connectivity index (χ3v) is 4.94. The molecule has 0 saturated carbocycles. The lowest BCUT2D eigenvalue weighted by Gasteiger charge is -2.15. The maximum atomic E-state index is 12.6. The van der Waals surface area contributed by atoms with Gasteiger partial charge in [0, 0.05) is 28.2 Å². The summed E-state index contributed by atoms with van der Waals surface area (Å²) in [6.45, 7) is 3.45. The van der Waals surface area contributed by atoms with Gasteiger partial charge in [0.05, 0.1) is 6.20 Å². The van der Waals surface area contributed by atoms with Gasteiger partial charge >= 0.3 is 0 Å². The fraction of sp³-hybridized carbons (Fsp3) is 0.174. The molecule has 28 heavy (non-hydrogen) atoms. The zero-order valence-corrected chi connectivity index (χ0v) is 17.3. The van der Waals surface area contributed by atoms with E-state index in [1.807, 2.05) is 43.3 Å². The molecule has 1 unspecified atom stereocenters. The van der Waals surface area contributed by atoms with Crippen LogP contribution < -0.4 is 4.74 Å². The van der Waals surface area contributed by atoms with Gasteiger partial charge in [-0.1, -0.05) is 52.3 Å². The number of hydrogen-bond acceptors (Lipinski definition) is 4. The number of carbonyl (C=O) groups excluding carboxylic acids is 2. The van der Waals surface area contributed by atoms with E-state index in [0.717, 1.165) is 15.6 Å². The third-order valence-electron chi connectivity index (χ3n) is 4.41. The van der Waals surface area contributed by atoms with Crippen LogP contribution in [0.4, 0.5) is 0 Å². The molecule has 4 nitrogen and oxygen atoms in total. The zero-order chi connectivity index (χ0) is 20.1. The highest BCUT2D eigenvalue weighted by Gasteiger charge is 2.12. The van der Waals surface area contributed by atoms with Crippen LogP contribution in [0.5, 0.6) is 5.75 Å². The van der Waals surface area contributed by atoms with Crippen molar-refractivity contribution in [1.29, 1.82) is 0 Å². The summed E-state index contributed by atoms with van der Waals surface area (Å²) >= 11 is 3.39. The quantitative estimate of drug-likeness (QED) is 0.450. The first kappa shape index (κ1) is 20.0. The molecule has 3 aromatic rings. The normalized spacial score (nSPS) is 11.7. The maximum absolute atomic E-state index is 12.6. The molecule has 1 atom stereocenters. The SMILES string of the molecule is CC(=O)c1ccc(C(C)Oc2cncc(C(=O)Cc3ccc(Br)cc3)c2)cc1. The fourth-order valence-electron chi connectivity index (χ4n) is 2.79. The van der Waals surface area contributed by atoms with Crippen LogP contribution in [0, 0.1) is 0 Å². The Morgan fingerprint density at radius 1 is 1.00 bits per heavy atom. The van der Waals surface area contributed by atoms with Crippen LogP contribution in [-0.4, -0.2) is 16.6 Å². The zero-order valence-electron chi connectivity index (χ0n) is 15.7. The van der Waals surface area contributed by atoms with Crippen molar-refractivity contribution < 1.29 is 14.3 Å². The number of benzene rings is 2. The van der Waals surface area contributed by atoms with Crippen molar-refractivity contribution in [3.8, 4) is 5.75 Å². The van der Waals surface area contributed by atoms with Gasteiger partial charge in [0.15, 0.2) is 11.6 Å². The maximum Gasteiger partial charge on any atom is 0.168 e. The minimum absolute atomic E-state index is 0.0151. The van der Waals surface area contributed by atoms with E-state index in [4.69, 9.17) is 4.74 Å². The van der Waals surface area contributed by atoms with Crippen molar-refractivity contribution in [3.05, 3.63) is 93.7 Å². The van der Waals surface area contributed by atoms with Crippen LogP contribution in [-0.2, 0) is 6.42 Å². The third kappa shape index (κ3) is 5.14. The molecular formula is C23H20BrNO3. The molecule has 0 radical (unpaired) electrons. The molecule has 0 saturated heterocycles. The highest BCUT2D eigenvalue weighted by molar-refractivity contribution is 9.10. The summed E-state index contributed by atoms with van der Waals surface area (Å²) in [5.74, 6) is 0.546. The Bertz CT molecular complexity index is 981. The summed E-state index contributed by atoms with van der Waals surface area (Å²) in [4.78, 5) is 28.1. The van der Waals surface area contributed by atoms with Gasteiger partial charge in [-0.2, -0.15) is 0 Å². The summed E-state index contributed by atoms with van der Waals surface area (Å²) in [6.07, 6.45) is 3.22. The van der Waals surface area contributed by atoms with Gasteiger partial charge in [0.2, 0.25) is 0 Å². The molecule has 0 aliphatic carbocycles. The molecule has 1 aromatic heterocycles. The van der Waals surface area contributed by atoms with E-state index < -0.39 is 0 Å². The molecule has 0 aliphatic rings. The second kappa shape index (κ2) is 8.93. The number of Topliss-reactive ketones (excluding diaryl/α,β-unsaturated/α-hetero) is 2. The van der Waals surface area contributed by atoms with Crippen molar-refractivity contribution in [2.24, 2.45) is 0 Å². The van der Waals surface area contributed by atoms with E-state index in [0.29, 0.717) is 23.3 Å². The summed E-state index contributed by atoms with van der Waals surface area (Å²) < 4.78 is 6.93. The molecule has 2 aromatic carbocycles. The van der Waals surface area contributed by atoms with Gasteiger partial charge in [0.1, 0.15) is 11.9 Å². The van der Waals surface area contributed by atoms with Gasteiger partial charge in [-0.15, -0.1) is 0 Å². The standard InChI is InChI=1S/C23H20BrNO3/c1-15(26)18-5-7-19(8-6-18)16(2)28-22-12-20(13-25-14-22)23(27)11-17-3-9-21(24)10-4-17/h3-10,12-14,16H,11H2,1-2H3. The molecule has 1 heterocycles. The number of rotatable bonds is 7. The second-order valence-electron chi connectivity index (χ2n) is 6.57. The number of hydrogen-bond donors (Lipinski definition) is 0. The largest absolute Gasteiger partial charge is 0.484 e. The average Bonchev–Trinajstić information content (AvgIpc) is 2.70. The first-order valence-electron chi connectivity index (χ1n) is 8.92. The first-order valence-corrected chi connectivity index (χ1v) is 9.72. The summed E-state index contributed by atoms with van der Waals surface area (Å²) in [5, 5.41) is 0. The highest BCUT2D eigenvalue weighted by atomic mass is 79.9. The first-order chi connectivity index (χ1) is 13.4. The lowest BCUT2D eigenvalue weighted by atomic mass is 10.0. The fourth-order valence-corrected chi connectivity index (χ4v) is 3.05. The van der Waals surface area contributed by atoms with E-state index in [1.54, 1.807) is 30.6 Å². The Morgan fingerprint density at radius 3 is 2.32 bits per heavy atom. The Hall–Kier alpha value is -2.79. The van der Waals surface area contributed by atoms with Crippen LogP contribution in [0.15, 0.2) is 71.5 Å². The number of halogens is 1. The van der Waals surface area contributed by atoms with E-state index in [9.17, 15) is 9.59 Å². The number of ketones is 2. The van der Waals surface area contributed by atoms with Gasteiger partial charge < -0.3 is 4.74 Å². The van der Waals surface area contributed by atoms with Crippen LogP contribution in [0.2, 0.25) is 0 Å². The second-order valence-corrected chi connectivity index (χ2v) is 7.49. The Labute approximate surface area is 172 Å². The van der Waals surface area contributed by atoms with Crippen molar-refractivity contribution in [1.82, 2.24) is 4.98 Å². The van der Waals surface area contributed by atoms with E-state index in [-0.39, 0.29) is 17.7 Å². The monoisotopic (exact) mass is 437 g/mol. The van der Waals surface area contributed by atoms with Crippen LogP contribution in [0.1, 0.15) is 51.8 Å². The Morgan fingerprint density at radius 2 is 1.68 bits per heavy atom. The van der Waals surface area contributed by atoms with Crippen molar-refractivity contribution in [2.45, 2.75) is 26.4 Å². The van der Waals surface area contributed by atoms with Crippen molar-refractivity contribution in [3.63, 3.8) is 0 Å². The van der Waals surface area contributed by atoms with Crippen LogP contribution in [0.3, 0.4) is 0 Å². The number of aromatic nitrogens is 1. The average molecular weight is 438 g/mol. The predicted octanol–water partition coefficient (Wildman–Crippen LogP) is 5.61. The number of carbonyl (C=O) groups is 2. The topological polar surface area (TPSA) is 56.3 Å². The number of nitrogens with zero attached hydrogens (tertiary/aromatic N) is 1. The summed E-state index contributed by atoms with van der Waals surface area (Å²) in [5.41, 5.74) is 3.06. The van der Waals surface area contributed by atoms with Crippen LogP contribution >= 0.6 is 15.9 Å². The highest BCUT2D eigenvalue weighted by Crippen LogP contribution is 2.23. The molecule has 0 fully saturated rings. The molecule has 0 N–H and O–H groups in total. The van der Waals surface area contributed by atoms with Gasteiger partial charge in [0.25, 0.3) is 0 Å². The molecule has 142 valence electrons. The predicted molar refractivity (Wildman–Crippen MR) is 112 cm³/mol. The smallest absolute Gasteiger partial charge is 0.168 e. The Kier molecular flexibility index (Phi) is 6.37. The molecular weight excluding hydrogens is 418 g/mol. The lowest BCUT2D eigenvalue weighted by molar-refractivity contribution is 0.0989. The van der Waals surface area contributed by atoms with Gasteiger partial charge in [-0.05, 0) is 43.2 Å². The molecule has 0 bridgehead atoms.